The van der Waals surface area contributed by atoms with Crippen molar-refractivity contribution in [2.75, 3.05) is 0 Å². The molecule has 0 spiro atoms. The van der Waals surface area contributed by atoms with Gasteiger partial charge >= 0.3 is 0 Å². The minimum Gasteiger partial charge on any atom is -0.456 e. The largest absolute Gasteiger partial charge is 0.456 e. The Kier molecular flexibility index (Phi) is 18.7. The molecule has 137 heavy (non-hydrogen) atoms. The molecule has 0 fully saturated rings. The van der Waals surface area contributed by atoms with E-state index in [1.54, 1.807) is 0 Å². The summed E-state index contributed by atoms with van der Waals surface area (Å²) in [5, 5.41) is 34.2. The highest BCUT2D eigenvalue weighted by molar-refractivity contribution is 6.32. The smallest absolute Gasteiger partial charge is 0.143 e. The van der Waals surface area contributed by atoms with Gasteiger partial charge in [-0.2, -0.15) is 0 Å². The van der Waals surface area contributed by atoms with Crippen molar-refractivity contribution in [3.8, 4) is 100 Å². The van der Waals surface area contributed by atoms with Crippen molar-refractivity contribution in [2.24, 2.45) is 0 Å². The molecule has 3 nitrogen and oxygen atoms in total. The molecule has 0 unspecified atom stereocenters. The molecule has 0 saturated carbocycles. The third kappa shape index (κ3) is 12.8. The predicted molar refractivity (Wildman–Crippen MR) is 583 cm³/mol. The van der Waals surface area contributed by atoms with Gasteiger partial charge in [0.2, 0.25) is 0 Å². The van der Waals surface area contributed by atoms with Crippen LogP contribution < -0.4 is 0 Å². The van der Waals surface area contributed by atoms with Gasteiger partial charge in [-0.15, -0.1) is 0 Å². The predicted octanol–water partition coefficient (Wildman–Crippen LogP) is 38.4. The summed E-state index contributed by atoms with van der Waals surface area (Å²) in [6, 6.07) is 180. The summed E-state index contributed by atoms with van der Waals surface area (Å²) in [5.74, 6) is 0. The van der Waals surface area contributed by atoms with Gasteiger partial charge in [0.25, 0.3) is 0 Å². The molecule has 0 atom stereocenters. The molecule has 3 heteroatoms. The molecule has 0 amide bonds. The van der Waals surface area contributed by atoms with Crippen LogP contribution in [0.15, 0.2) is 511 Å². The van der Waals surface area contributed by atoms with Crippen LogP contribution in [0.25, 0.3) is 284 Å². The van der Waals surface area contributed by atoms with Crippen LogP contribution in [0.4, 0.5) is 0 Å². The van der Waals surface area contributed by atoms with E-state index >= 15 is 0 Å². The minimum absolute atomic E-state index is 0.900. The van der Waals surface area contributed by atoms with E-state index in [4.69, 9.17) is 13.3 Å². The third-order valence-corrected chi connectivity index (χ3v) is 28.6. The van der Waals surface area contributed by atoms with Crippen molar-refractivity contribution >= 4 is 184 Å². The lowest BCUT2D eigenvalue weighted by Gasteiger charge is -2.19. The van der Waals surface area contributed by atoms with E-state index in [-0.39, 0.29) is 0 Å². The Labute approximate surface area is 789 Å². The molecule has 29 rings (SSSR count). The van der Waals surface area contributed by atoms with Crippen molar-refractivity contribution < 1.29 is 13.3 Å². The van der Waals surface area contributed by atoms with Gasteiger partial charge in [0, 0.05) is 43.4 Å². The molecule has 29 aromatic rings. The number of para-hydroxylation sites is 3. The lowest BCUT2D eigenvalue weighted by molar-refractivity contribution is 0.669. The van der Waals surface area contributed by atoms with Crippen LogP contribution in [-0.2, 0) is 0 Å². The topological polar surface area (TPSA) is 39.4 Å². The Balaban J connectivity index is 0.000000104. The van der Waals surface area contributed by atoms with Crippen LogP contribution in [0.2, 0.25) is 0 Å². The summed E-state index contributed by atoms with van der Waals surface area (Å²) < 4.78 is 20.2. The maximum absolute atomic E-state index is 6.81. The second-order valence-corrected chi connectivity index (χ2v) is 35.9. The first kappa shape index (κ1) is 78.8. The van der Waals surface area contributed by atoms with Gasteiger partial charge in [-0.25, -0.2) is 0 Å². The average Bonchev–Trinajstić information content (AvgIpc) is 0.914. The van der Waals surface area contributed by atoms with E-state index in [9.17, 15) is 0 Å². The van der Waals surface area contributed by atoms with Crippen LogP contribution in [0, 0.1) is 0 Å². The molecule has 0 bridgehead atoms. The van der Waals surface area contributed by atoms with E-state index < -0.39 is 0 Å². The lowest BCUT2D eigenvalue weighted by atomic mass is 9.83. The van der Waals surface area contributed by atoms with E-state index in [1.807, 2.05) is 6.07 Å². The molecule has 0 aliphatic carbocycles. The molecule has 26 aromatic carbocycles. The van der Waals surface area contributed by atoms with E-state index in [2.05, 4.69) is 491 Å². The lowest BCUT2D eigenvalue weighted by Crippen LogP contribution is -1.92. The fraction of sp³-hybridized carbons (Fsp3) is 0. The van der Waals surface area contributed by atoms with Gasteiger partial charge in [0.05, 0.1) is 0 Å². The number of furan rings is 3. The molecule has 0 aliphatic heterocycles. The summed E-state index contributed by atoms with van der Waals surface area (Å²) in [6.07, 6.45) is 0. The molecule has 0 N–H and O–H groups in total. The maximum Gasteiger partial charge on any atom is 0.143 e. The molecule has 3 heterocycles. The average molecular weight is 1740 g/mol. The number of fused-ring (bicyclic) bond motifs is 20. The SMILES string of the molecule is c1ccc(-c2cc(-c3c4ccccc4c(-c4cccc5ccccc45)c4ccccc34)c3c(c2)oc2ccccc23)cc1.c1ccc2c(-c3c4ccccc4c(-c4ccc(-c5cccc6ccccc56)c5oc6ccccc6c45)c4ccccc34)cccc2c1.c1ccc2c(-c3c4ccccc4c(-c4cccc5oc6c(-c7cccc8ccccc78)cccc6c45)c4ccccc34)cccc2c1. The number of hydrogen-bond acceptors (Lipinski definition) is 3. The summed E-state index contributed by atoms with van der Waals surface area (Å²) in [7, 11) is 0. The molecule has 636 valence electrons. The van der Waals surface area contributed by atoms with Crippen molar-refractivity contribution in [2.45, 2.75) is 0 Å². The summed E-state index contributed by atoms with van der Waals surface area (Å²) in [5.41, 5.74) is 27.3. The molecular formula is C134H82O3. The van der Waals surface area contributed by atoms with Crippen molar-refractivity contribution in [1.29, 1.82) is 0 Å². The second kappa shape index (κ2) is 32.5. The highest BCUT2D eigenvalue weighted by atomic mass is 16.3. The maximum atomic E-state index is 6.81. The van der Waals surface area contributed by atoms with E-state index in [1.165, 1.54) is 202 Å². The highest BCUT2D eigenvalue weighted by Crippen LogP contribution is 2.55. The van der Waals surface area contributed by atoms with Crippen LogP contribution in [0.5, 0.6) is 0 Å². The third-order valence-electron chi connectivity index (χ3n) is 28.6. The molecule has 3 aromatic heterocycles. The number of benzene rings is 26. The molecule has 0 aliphatic rings. The van der Waals surface area contributed by atoms with Gasteiger partial charge in [0.15, 0.2) is 0 Å². The van der Waals surface area contributed by atoms with Gasteiger partial charge in [-0.1, -0.05) is 461 Å². The first-order valence-corrected chi connectivity index (χ1v) is 47.2. The van der Waals surface area contributed by atoms with Gasteiger partial charge in [-0.05, 0) is 244 Å². The Morgan fingerprint density at radius 3 is 0.759 bits per heavy atom. The zero-order valence-corrected chi connectivity index (χ0v) is 74.6. The standard InChI is InChI=1S/2C46H28O.C42H26O/c1-3-17-31-29(13-1)15-9-23-33(31)39-25-11-27-41-45-40(26-12-28-42(45)47-46(39)41)44-37-21-7-5-19-35(37)43(36-20-6-8-22-38(36)44)34-24-10-16-30-14-2-4-18-32(30)34;1-3-17-31-29(13-1)15-11-24-33(31)39-27-28-41(45-40-23-9-10-26-42(40)47-46(39)45)44-37-21-7-5-19-35(37)43(36-20-6-8-22-38(36)44)34-25-12-16-30-14-2-4-18-32(30)34;1-2-13-27(14-3-1)29-25-37(42-36-22-10-11-24-38(36)43-39(42)26-29)41-34-20-8-6-18-32(34)40(33-19-7-9-21-35(33)41)31-23-12-16-28-15-4-5-17-30(28)31/h2*1-28H;1-26H. The van der Waals surface area contributed by atoms with Crippen molar-refractivity contribution in [3.63, 3.8) is 0 Å². The zero-order valence-electron chi connectivity index (χ0n) is 74.6. The first-order chi connectivity index (χ1) is 68.0. The van der Waals surface area contributed by atoms with Crippen LogP contribution >= 0.6 is 0 Å². The van der Waals surface area contributed by atoms with Crippen molar-refractivity contribution in [1.82, 2.24) is 0 Å². The minimum atomic E-state index is 0.900. The van der Waals surface area contributed by atoms with E-state index in [0.29, 0.717) is 0 Å². The Morgan fingerprint density at radius 1 is 0.109 bits per heavy atom. The van der Waals surface area contributed by atoms with Gasteiger partial charge in [0.1, 0.15) is 33.5 Å². The quantitative estimate of drug-likeness (QED) is 0.135. The Hall–Kier alpha value is -18.0. The second-order valence-electron chi connectivity index (χ2n) is 35.9. The Bertz CT molecular complexity index is 9820. The van der Waals surface area contributed by atoms with E-state index in [0.717, 1.165) is 82.5 Å². The summed E-state index contributed by atoms with van der Waals surface area (Å²) in [4.78, 5) is 0. The summed E-state index contributed by atoms with van der Waals surface area (Å²) >= 11 is 0. The van der Waals surface area contributed by atoms with Crippen LogP contribution in [0.1, 0.15) is 0 Å². The van der Waals surface area contributed by atoms with Crippen LogP contribution in [0.3, 0.4) is 0 Å². The fourth-order valence-corrected chi connectivity index (χ4v) is 22.7. The van der Waals surface area contributed by atoms with Gasteiger partial charge in [-0.3, -0.25) is 0 Å². The van der Waals surface area contributed by atoms with Crippen LogP contribution in [-0.4, -0.2) is 0 Å². The number of hydrogen-bond donors (Lipinski definition) is 0. The fourth-order valence-electron chi connectivity index (χ4n) is 22.7. The zero-order chi connectivity index (χ0) is 90.1. The first-order valence-electron chi connectivity index (χ1n) is 47.2. The highest BCUT2D eigenvalue weighted by Gasteiger charge is 2.29. The Morgan fingerprint density at radius 2 is 0.350 bits per heavy atom. The normalized spacial score (nSPS) is 11.8. The monoisotopic (exact) mass is 1740 g/mol. The van der Waals surface area contributed by atoms with Gasteiger partial charge < -0.3 is 13.3 Å². The molecular weight excluding hydrogens is 1660 g/mol. The summed E-state index contributed by atoms with van der Waals surface area (Å²) in [6.45, 7) is 0. The molecule has 0 saturated heterocycles. The van der Waals surface area contributed by atoms with Crippen molar-refractivity contribution in [3.05, 3.63) is 497 Å². The number of rotatable bonds is 9. The molecule has 0 radical (unpaired) electrons.